The molecule has 0 saturated heterocycles. The van der Waals surface area contributed by atoms with Crippen LogP contribution in [0.4, 0.5) is 5.69 Å². The number of likely N-dealkylation sites (N-methyl/N-ethyl adjacent to an activating group) is 1. The minimum absolute atomic E-state index is 0.1000. The number of benzene rings is 1. The van der Waals surface area contributed by atoms with Gasteiger partial charge in [0, 0.05) is 37.3 Å². The number of nitrogens with two attached hydrogens (primary N) is 1. The molecule has 1 saturated carbocycles. The van der Waals surface area contributed by atoms with Crippen molar-refractivity contribution in [1.29, 1.82) is 0 Å². The van der Waals surface area contributed by atoms with Gasteiger partial charge in [0.05, 0.1) is 0 Å². The average molecular weight is 289 g/mol. The SMILES string of the molecule is CC(CNC(=O)C1CCCC(N)C1)N(C)c1ccccc1. The molecule has 0 bridgehead atoms. The lowest BCUT2D eigenvalue weighted by atomic mass is 9.85. The summed E-state index contributed by atoms with van der Waals surface area (Å²) in [6, 6.07) is 10.7. The van der Waals surface area contributed by atoms with Crippen LogP contribution in [0.25, 0.3) is 0 Å². The van der Waals surface area contributed by atoms with Crippen LogP contribution in [0.3, 0.4) is 0 Å². The molecular weight excluding hydrogens is 262 g/mol. The van der Waals surface area contributed by atoms with Crippen LogP contribution in [0.5, 0.6) is 0 Å². The third-order valence-electron chi connectivity index (χ3n) is 4.48. The van der Waals surface area contributed by atoms with Crippen LogP contribution in [0.2, 0.25) is 0 Å². The molecule has 1 aromatic rings. The standard InChI is InChI=1S/C17H27N3O/c1-13(20(2)16-9-4-3-5-10-16)12-19-17(21)14-7-6-8-15(18)11-14/h3-5,9-10,13-15H,6-8,11-12,18H2,1-2H3,(H,19,21). The van der Waals surface area contributed by atoms with Gasteiger partial charge in [-0.2, -0.15) is 0 Å². The molecule has 3 atom stereocenters. The van der Waals surface area contributed by atoms with Gasteiger partial charge >= 0.3 is 0 Å². The van der Waals surface area contributed by atoms with E-state index in [1.165, 1.54) is 5.69 Å². The molecule has 0 aliphatic heterocycles. The predicted molar refractivity (Wildman–Crippen MR) is 87.3 cm³/mol. The summed E-state index contributed by atoms with van der Waals surface area (Å²) >= 11 is 0. The molecule has 4 heteroatoms. The summed E-state index contributed by atoms with van der Waals surface area (Å²) in [5, 5.41) is 3.09. The topological polar surface area (TPSA) is 58.4 Å². The zero-order valence-electron chi connectivity index (χ0n) is 13.1. The van der Waals surface area contributed by atoms with Crippen LogP contribution < -0.4 is 16.0 Å². The molecule has 3 unspecified atom stereocenters. The zero-order chi connectivity index (χ0) is 15.2. The summed E-state index contributed by atoms with van der Waals surface area (Å²) in [6.45, 7) is 2.79. The Kier molecular flexibility index (Phi) is 5.62. The smallest absolute Gasteiger partial charge is 0.223 e. The Morgan fingerprint density at radius 3 is 2.76 bits per heavy atom. The molecular formula is C17H27N3O. The lowest BCUT2D eigenvalue weighted by molar-refractivity contribution is -0.126. The number of amides is 1. The van der Waals surface area contributed by atoms with Crippen molar-refractivity contribution in [2.24, 2.45) is 11.7 Å². The van der Waals surface area contributed by atoms with Gasteiger partial charge in [-0.05, 0) is 38.3 Å². The normalized spacial score (nSPS) is 23.4. The van der Waals surface area contributed by atoms with Gasteiger partial charge < -0.3 is 16.0 Å². The number of nitrogens with zero attached hydrogens (tertiary/aromatic N) is 1. The lowest BCUT2D eigenvalue weighted by Crippen LogP contribution is -2.44. The Bertz CT molecular complexity index is 449. The fourth-order valence-corrected chi connectivity index (χ4v) is 2.91. The molecule has 0 radical (unpaired) electrons. The highest BCUT2D eigenvalue weighted by Crippen LogP contribution is 2.23. The van der Waals surface area contributed by atoms with Crippen LogP contribution in [0, 0.1) is 5.92 Å². The van der Waals surface area contributed by atoms with Gasteiger partial charge in [-0.25, -0.2) is 0 Å². The number of anilines is 1. The van der Waals surface area contributed by atoms with Crippen molar-refractivity contribution in [1.82, 2.24) is 5.32 Å². The number of carbonyl (C=O) groups is 1. The first-order valence-corrected chi connectivity index (χ1v) is 7.89. The highest BCUT2D eigenvalue weighted by molar-refractivity contribution is 5.78. The van der Waals surface area contributed by atoms with Crippen LogP contribution in [-0.4, -0.2) is 31.6 Å². The fourth-order valence-electron chi connectivity index (χ4n) is 2.91. The Morgan fingerprint density at radius 1 is 1.38 bits per heavy atom. The van der Waals surface area contributed by atoms with E-state index in [0.717, 1.165) is 25.7 Å². The van der Waals surface area contributed by atoms with Gasteiger partial charge in [0.25, 0.3) is 0 Å². The van der Waals surface area contributed by atoms with Gasteiger partial charge in [-0.15, -0.1) is 0 Å². The van der Waals surface area contributed by atoms with E-state index in [1.807, 2.05) is 18.2 Å². The zero-order valence-corrected chi connectivity index (χ0v) is 13.1. The summed E-state index contributed by atoms with van der Waals surface area (Å²) in [5.74, 6) is 0.265. The first-order valence-electron chi connectivity index (χ1n) is 7.89. The Balaban J connectivity index is 1.80. The highest BCUT2D eigenvalue weighted by atomic mass is 16.1. The van der Waals surface area contributed by atoms with Crippen LogP contribution in [0.15, 0.2) is 30.3 Å². The molecule has 1 amide bonds. The molecule has 2 rings (SSSR count). The number of carbonyl (C=O) groups excluding carboxylic acids is 1. The Labute approximate surface area is 127 Å². The molecule has 1 aliphatic carbocycles. The highest BCUT2D eigenvalue weighted by Gasteiger charge is 2.25. The second-order valence-corrected chi connectivity index (χ2v) is 6.16. The summed E-state index contributed by atoms with van der Waals surface area (Å²) in [7, 11) is 2.06. The van der Waals surface area contributed by atoms with Crippen molar-refractivity contribution < 1.29 is 4.79 Å². The van der Waals surface area contributed by atoms with E-state index in [0.29, 0.717) is 6.54 Å². The first kappa shape index (κ1) is 15.8. The molecule has 0 aromatic heterocycles. The third-order valence-corrected chi connectivity index (χ3v) is 4.48. The van der Waals surface area contributed by atoms with E-state index >= 15 is 0 Å². The minimum Gasteiger partial charge on any atom is -0.370 e. The molecule has 3 N–H and O–H groups in total. The largest absolute Gasteiger partial charge is 0.370 e. The number of nitrogens with one attached hydrogen (secondary N) is 1. The van der Waals surface area contributed by atoms with Gasteiger partial charge in [-0.3, -0.25) is 4.79 Å². The molecule has 1 fully saturated rings. The Hall–Kier alpha value is -1.55. The van der Waals surface area contributed by atoms with E-state index in [4.69, 9.17) is 5.73 Å². The predicted octanol–water partition coefficient (Wildman–Crippen LogP) is 2.14. The maximum absolute atomic E-state index is 12.2. The first-order chi connectivity index (χ1) is 10.1. The maximum Gasteiger partial charge on any atom is 0.223 e. The summed E-state index contributed by atoms with van der Waals surface area (Å²) < 4.78 is 0. The molecule has 21 heavy (non-hydrogen) atoms. The summed E-state index contributed by atoms with van der Waals surface area (Å²) in [6.07, 6.45) is 3.92. The van der Waals surface area contributed by atoms with E-state index in [2.05, 4.69) is 36.3 Å². The van der Waals surface area contributed by atoms with Crippen molar-refractivity contribution in [2.75, 3.05) is 18.5 Å². The van der Waals surface area contributed by atoms with Crippen molar-refractivity contribution in [3.63, 3.8) is 0 Å². The summed E-state index contributed by atoms with van der Waals surface area (Å²) in [5.41, 5.74) is 7.12. The number of rotatable bonds is 5. The van der Waals surface area contributed by atoms with E-state index in [-0.39, 0.29) is 23.9 Å². The third kappa shape index (κ3) is 4.46. The number of hydrogen-bond donors (Lipinski definition) is 2. The van der Waals surface area contributed by atoms with Gasteiger partial charge in [0.1, 0.15) is 0 Å². The average Bonchev–Trinajstić information content (AvgIpc) is 2.52. The molecule has 116 valence electrons. The fraction of sp³-hybridized carbons (Fsp3) is 0.588. The number of hydrogen-bond acceptors (Lipinski definition) is 3. The van der Waals surface area contributed by atoms with Crippen molar-refractivity contribution in [3.8, 4) is 0 Å². The van der Waals surface area contributed by atoms with Crippen molar-refractivity contribution in [3.05, 3.63) is 30.3 Å². The van der Waals surface area contributed by atoms with Crippen molar-refractivity contribution in [2.45, 2.75) is 44.7 Å². The summed E-state index contributed by atoms with van der Waals surface area (Å²) in [4.78, 5) is 14.4. The van der Waals surface area contributed by atoms with E-state index < -0.39 is 0 Å². The maximum atomic E-state index is 12.2. The van der Waals surface area contributed by atoms with Crippen LogP contribution >= 0.6 is 0 Å². The number of para-hydroxylation sites is 1. The lowest BCUT2D eigenvalue weighted by Gasteiger charge is -2.29. The Morgan fingerprint density at radius 2 is 2.10 bits per heavy atom. The van der Waals surface area contributed by atoms with Gasteiger partial charge in [-0.1, -0.05) is 24.6 Å². The van der Waals surface area contributed by atoms with Crippen molar-refractivity contribution >= 4 is 11.6 Å². The van der Waals surface area contributed by atoms with Crippen LogP contribution in [-0.2, 0) is 4.79 Å². The molecule has 0 heterocycles. The molecule has 4 nitrogen and oxygen atoms in total. The van der Waals surface area contributed by atoms with Gasteiger partial charge in [0.2, 0.25) is 5.91 Å². The minimum atomic E-state index is 0.1000. The molecule has 1 aliphatic rings. The monoisotopic (exact) mass is 289 g/mol. The second kappa shape index (κ2) is 7.46. The molecule has 0 spiro atoms. The van der Waals surface area contributed by atoms with E-state index in [1.54, 1.807) is 0 Å². The quantitative estimate of drug-likeness (QED) is 0.873. The van der Waals surface area contributed by atoms with E-state index in [9.17, 15) is 4.79 Å². The second-order valence-electron chi connectivity index (χ2n) is 6.16. The molecule has 1 aromatic carbocycles. The van der Waals surface area contributed by atoms with Crippen LogP contribution in [0.1, 0.15) is 32.6 Å². The van der Waals surface area contributed by atoms with Gasteiger partial charge in [0.15, 0.2) is 0 Å².